The van der Waals surface area contributed by atoms with Gasteiger partial charge in [0.25, 0.3) is 0 Å². The molecule has 112 valence electrons. The van der Waals surface area contributed by atoms with Crippen LogP contribution in [-0.4, -0.2) is 0 Å². The molecule has 1 nitrogen and oxygen atoms in total. The van der Waals surface area contributed by atoms with Crippen molar-refractivity contribution in [3.8, 4) is 5.75 Å². The third kappa shape index (κ3) is 4.00. The van der Waals surface area contributed by atoms with Crippen LogP contribution in [0, 0.1) is 6.92 Å². The SMILES string of the molecule is Cc1ccccc1COc1ccc(CBr)cc1C(F)(F)F. The van der Waals surface area contributed by atoms with Gasteiger partial charge >= 0.3 is 6.18 Å². The van der Waals surface area contributed by atoms with Crippen molar-refractivity contribution >= 4 is 15.9 Å². The average molecular weight is 359 g/mol. The lowest BCUT2D eigenvalue weighted by Crippen LogP contribution is -2.09. The van der Waals surface area contributed by atoms with E-state index in [1.807, 2.05) is 31.2 Å². The molecule has 2 aromatic carbocycles. The molecule has 0 fully saturated rings. The van der Waals surface area contributed by atoms with Crippen LogP contribution in [0.15, 0.2) is 42.5 Å². The molecule has 0 saturated heterocycles. The van der Waals surface area contributed by atoms with Crippen molar-refractivity contribution in [1.82, 2.24) is 0 Å². The Morgan fingerprint density at radius 3 is 2.43 bits per heavy atom. The Bertz CT molecular complexity index is 623. The highest BCUT2D eigenvalue weighted by atomic mass is 79.9. The summed E-state index contributed by atoms with van der Waals surface area (Å²) in [6, 6.07) is 11.6. The largest absolute Gasteiger partial charge is 0.488 e. The van der Waals surface area contributed by atoms with Crippen molar-refractivity contribution in [3.05, 3.63) is 64.7 Å². The first kappa shape index (κ1) is 15.9. The molecule has 5 heteroatoms. The summed E-state index contributed by atoms with van der Waals surface area (Å²) in [7, 11) is 0. The molecule has 0 aliphatic heterocycles. The summed E-state index contributed by atoms with van der Waals surface area (Å²) in [6.07, 6.45) is -4.43. The Labute approximate surface area is 129 Å². The van der Waals surface area contributed by atoms with Gasteiger partial charge in [0.2, 0.25) is 0 Å². The monoisotopic (exact) mass is 358 g/mol. The second-order valence-corrected chi connectivity index (χ2v) is 5.24. The van der Waals surface area contributed by atoms with Crippen LogP contribution in [0.2, 0.25) is 0 Å². The Hall–Kier alpha value is -1.49. The normalized spacial score (nSPS) is 11.5. The van der Waals surface area contributed by atoms with Crippen LogP contribution in [0.3, 0.4) is 0 Å². The minimum atomic E-state index is -4.43. The van der Waals surface area contributed by atoms with Gasteiger partial charge in [0.15, 0.2) is 0 Å². The maximum Gasteiger partial charge on any atom is 0.419 e. The molecule has 0 bridgehead atoms. The van der Waals surface area contributed by atoms with E-state index in [9.17, 15) is 13.2 Å². The van der Waals surface area contributed by atoms with Crippen LogP contribution >= 0.6 is 15.9 Å². The van der Waals surface area contributed by atoms with Crippen molar-refractivity contribution in [2.45, 2.75) is 25.0 Å². The molecule has 0 unspecified atom stereocenters. The average Bonchev–Trinajstić information content (AvgIpc) is 2.45. The van der Waals surface area contributed by atoms with Gasteiger partial charge in [-0.3, -0.25) is 0 Å². The van der Waals surface area contributed by atoms with Crippen molar-refractivity contribution in [3.63, 3.8) is 0 Å². The van der Waals surface area contributed by atoms with Crippen LogP contribution < -0.4 is 4.74 Å². The van der Waals surface area contributed by atoms with Gasteiger partial charge in [0.05, 0.1) is 5.56 Å². The Morgan fingerprint density at radius 1 is 1.10 bits per heavy atom. The number of hydrogen-bond acceptors (Lipinski definition) is 1. The predicted octanol–water partition coefficient (Wildman–Crippen LogP) is 5.49. The molecule has 0 spiro atoms. The van der Waals surface area contributed by atoms with Crippen molar-refractivity contribution < 1.29 is 17.9 Å². The number of hydrogen-bond donors (Lipinski definition) is 0. The molecule has 0 amide bonds. The molecule has 0 aliphatic rings. The maximum atomic E-state index is 13.1. The van der Waals surface area contributed by atoms with Gasteiger partial charge in [-0.15, -0.1) is 0 Å². The second kappa shape index (κ2) is 6.52. The summed E-state index contributed by atoms with van der Waals surface area (Å²) in [5, 5.41) is 0.369. The van der Waals surface area contributed by atoms with E-state index in [-0.39, 0.29) is 12.4 Å². The van der Waals surface area contributed by atoms with Gasteiger partial charge in [-0.1, -0.05) is 46.3 Å². The zero-order valence-corrected chi connectivity index (χ0v) is 13.0. The van der Waals surface area contributed by atoms with E-state index < -0.39 is 11.7 Å². The minimum absolute atomic E-state index is 0.114. The molecule has 0 aliphatic carbocycles. The molecular weight excluding hydrogens is 345 g/mol. The summed E-state index contributed by atoms with van der Waals surface area (Å²) in [5.41, 5.74) is 1.68. The van der Waals surface area contributed by atoms with Crippen LogP contribution in [0.4, 0.5) is 13.2 Å². The lowest BCUT2D eigenvalue weighted by molar-refractivity contribution is -0.139. The first-order valence-corrected chi connectivity index (χ1v) is 7.47. The van der Waals surface area contributed by atoms with Crippen LogP contribution in [0.25, 0.3) is 0 Å². The van der Waals surface area contributed by atoms with E-state index in [1.165, 1.54) is 6.07 Å². The molecule has 21 heavy (non-hydrogen) atoms. The Kier molecular flexibility index (Phi) is 4.93. The van der Waals surface area contributed by atoms with Gasteiger partial charge < -0.3 is 4.74 Å². The Balaban J connectivity index is 2.26. The van der Waals surface area contributed by atoms with E-state index in [4.69, 9.17) is 4.74 Å². The zero-order valence-electron chi connectivity index (χ0n) is 11.4. The summed E-state index contributed by atoms with van der Waals surface area (Å²) in [5.74, 6) is -0.143. The van der Waals surface area contributed by atoms with Gasteiger partial charge in [-0.25, -0.2) is 0 Å². The highest BCUT2D eigenvalue weighted by Gasteiger charge is 2.34. The molecular formula is C16H14BrF3O. The fourth-order valence-electron chi connectivity index (χ4n) is 1.94. The lowest BCUT2D eigenvalue weighted by Gasteiger charge is -2.15. The van der Waals surface area contributed by atoms with E-state index in [0.717, 1.165) is 17.2 Å². The summed E-state index contributed by atoms with van der Waals surface area (Å²) in [4.78, 5) is 0. The first-order chi connectivity index (χ1) is 9.91. The van der Waals surface area contributed by atoms with Crippen LogP contribution in [-0.2, 0) is 18.1 Å². The minimum Gasteiger partial charge on any atom is -0.488 e. The maximum absolute atomic E-state index is 13.1. The predicted molar refractivity (Wildman–Crippen MR) is 79.6 cm³/mol. The molecule has 0 atom stereocenters. The fourth-order valence-corrected chi connectivity index (χ4v) is 2.28. The highest BCUT2D eigenvalue weighted by molar-refractivity contribution is 9.08. The standard InChI is InChI=1S/C16H14BrF3O/c1-11-4-2-3-5-13(11)10-21-15-7-6-12(9-17)8-14(15)16(18,19)20/h2-8H,9-10H2,1H3. The molecule has 2 rings (SSSR count). The third-order valence-electron chi connectivity index (χ3n) is 3.15. The zero-order chi connectivity index (χ0) is 15.5. The van der Waals surface area contributed by atoms with Crippen LogP contribution in [0.5, 0.6) is 5.75 Å². The third-order valence-corrected chi connectivity index (χ3v) is 3.80. The number of aryl methyl sites for hydroxylation is 1. The fraction of sp³-hybridized carbons (Fsp3) is 0.250. The highest BCUT2D eigenvalue weighted by Crippen LogP contribution is 2.37. The number of rotatable bonds is 4. The first-order valence-electron chi connectivity index (χ1n) is 6.35. The second-order valence-electron chi connectivity index (χ2n) is 4.68. The van der Waals surface area contributed by atoms with Crippen molar-refractivity contribution in [1.29, 1.82) is 0 Å². The van der Waals surface area contributed by atoms with Gasteiger partial charge in [0.1, 0.15) is 12.4 Å². The summed E-state index contributed by atoms with van der Waals surface area (Å²) >= 11 is 3.16. The number of halogens is 4. The molecule has 0 N–H and O–H groups in total. The molecule has 0 saturated carbocycles. The van der Waals surface area contributed by atoms with Crippen molar-refractivity contribution in [2.75, 3.05) is 0 Å². The van der Waals surface area contributed by atoms with Gasteiger partial charge in [-0.2, -0.15) is 13.2 Å². The van der Waals surface area contributed by atoms with Gasteiger partial charge in [-0.05, 0) is 35.7 Å². The molecule has 0 aromatic heterocycles. The molecule has 0 heterocycles. The number of ether oxygens (including phenoxy) is 1. The van der Waals surface area contributed by atoms with E-state index >= 15 is 0 Å². The molecule has 0 radical (unpaired) electrons. The van der Waals surface area contributed by atoms with E-state index in [1.54, 1.807) is 6.07 Å². The summed E-state index contributed by atoms with van der Waals surface area (Å²) in [6.45, 7) is 2.01. The van der Waals surface area contributed by atoms with Gasteiger partial charge in [0, 0.05) is 5.33 Å². The number of alkyl halides is 4. The topological polar surface area (TPSA) is 9.23 Å². The van der Waals surface area contributed by atoms with E-state index in [0.29, 0.717) is 10.9 Å². The lowest BCUT2D eigenvalue weighted by atomic mass is 10.1. The van der Waals surface area contributed by atoms with Crippen molar-refractivity contribution in [2.24, 2.45) is 0 Å². The quantitative estimate of drug-likeness (QED) is 0.656. The van der Waals surface area contributed by atoms with E-state index in [2.05, 4.69) is 15.9 Å². The smallest absolute Gasteiger partial charge is 0.419 e. The number of benzene rings is 2. The Morgan fingerprint density at radius 2 is 1.81 bits per heavy atom. The molecule has 2 aromatic rings. The van der Waals surface area contributed by atoms with Crippen LogP contribution in [0.1, 0.15) is 22.3 Å². The summed E-state index contributed by atoms with van der Waals surface area (Å²) < 4.78 is 44.6.